The van der Waals surface area contributed by atoms with E-state index in [1.165, 1.54) is 0 Å². The van der Waals surface area contributed by atoms with E-state index in [2.05, 4.69) is 53.6 Å². The van der Waals surface area contributed by atoms with Crippen molar-refractivity contribution < 1.29 is 14.1 Å². The van der Waals surface area contributed by atoms with Crippen LogP contribution in [0, 0.1) is 5.41 Å². The van der Waals surface area contributed by atoms with Gasteiger partial charge in [0.25, 0.3) is 0 Å². The molecule has 110 valence electrons. The highest BCUT2D eigenvalue weighted by Gasteiger charge is 2.50. The van der Waals surface area contributed by atoms with Crippen LogP contribution in [-0.4, -0.2) is 31.1 Å². The van der Waals surface area contributed by atoms with Crippen LogP contribution in [0.4, 0.5) is 0 Å². The van der Waals surface area contributed by atoms with Gasteiger partial charge in [-0.05, 0) is 40.4 Å². The first-order chi connectivity index (χ1) is 8.49. The Hall–Kier alpha value is -0.545. The molecule has 1 rings (SSSR count). The highest BCUT2D eigenvalue weighted by molar-refractivity contribution is 6.45. The van der Waals surface area contributed by atoms with Crippen molar-refractivity contribution in [1.29, 1.82) is 0 Å². The van der Waals surface area contributed by atoms with E-state index < -0.39 is 0 Å². The molecule has 0 atom stereocenters. The molecule has 0 aromatic rings. The highest BCUT2D eigenvalue weighted by atomic mass is 16.7. The molecule has 4 nitrogen and oxygen atoms in total. The van der Waals surface area contributed by atoms with Crippen LogP contribution in [0.1, 0.15) is 54.9 Å². The summed E-state index contributed by atoms with van der Waals surface area (Å²) in [6, 6.07) is 0. The lowest BCUT2D eigenvalue weighted by atomic mass is 9.77. The summed E-state index contributed by atoms with van der Waals surface area (Å²) in [5.74, 6) is 0. The summed E-state index contributed by atoms with van der Waals surface area (Å²) in [5.41, 5.74) is 0.500. The van der Waals surface area contributed by atoms with Crippen LogP contribution in [-0.2, 0) is 14.1 Å². The van der Waals surface area contributed by atoms with E-state index in [4.69, 9.17) is 14.1 Å². The molecule has 0 aromatic heterocycles. The average molecular weight is 269 g/mol. The predicted molar refractivity (Wildman–Crippen MR) is 79.4 cm³/mol. The van der Waals surface area contributed by atoms with Crippen molar-refractivity contribution in [2.75, 3.05) is 7.11 Å². The summed E-state index contributed by atoms with van der Waals surface area (Å²) in [4.78, 5) is 4.93. The second kappa shape index (κ2) is 5.45. The van der Waals surface area contributed by atoms with Gasteiger partial charge < -0.3 is 14.1 Å². The molecule has 0 aromatic carbocycles. The maximum absolute atomic E-state index is 5.99. The van der Waals surface area contributed by atoms with Crippen molar-refractivity contribution in [2.45, 2.75) is 72.4 Å². The van der Waals surface area contributed by atoms with E-state index in [1.54, 1.807) is 7.11 Å². The van der Waals surface area contributed by atoms with Gasteiger partial charge in [0.2, 0.25) is 0 Å². The Balaban J connectivity index is 2.62. The standard InChI is InChI=1S/C14H28BNO3/c1-12(2,3)11(16-17-8)9-10-15-18-13(4,5)14(6,7)19-15/h9-10H2,1-8H3/b16-11+. The zero-order valence-electron chi connectivity index (χ0n) is 13.7. The molecule has 1 aliphatic rings. The van der Waals surface area contributed by atoms with Gasteiger partial charge >= 0.3 is 7.12 Å². The highest BCUT2D eigenvalue weighted by Crippen LogP contribution is 2.38. The fourth-order valence-electron chi connectivity index (χ4n) is 2.01. The number of hydrogen-bond acceptors (Lipinski definition) is 4. The average Bonchev–Trinajstić information content (AvgIpc) is 2.40. The van der Waals surface area contributed by atoms with E-state index >= 15 is 0 Å². The largest absolute Gasteiger partial charge is 0.458 e. The molecule has 19 heavy (non-hydrogen) atoms. The summed E-state index contributed by atoms with van der Waals surface area (Å²) < 4.78 is 12.0. The molecule has 1 aliphatic heterocycles. The Labute approximate surface area is 118 Å². The maximum Gasteiger partial charge on any atom is 0.458 e. The Morgan fingerprint density at radius 2 is 1.58 bits per heavy atom. The molecule has 0 N–H and O–H groups in total. The minimum Gasteiger partial charge on any atom is -0.403 e. The molecule has 1 fully saturated rings. The molecule has 0 spiro atoms. The van der Waals surface area contributed by atoms with Gasteiger partial charge in [-0.2, -0.15) is 0 Å². The lowest BCUT2D eigenvalue weighted by Crippen LogP contribution is -2.41. The molecule has 5 heteroatoms. The molecule has 0 unspecified atom stereocenters. The summed E-state index contributed by atoms with van der Waals surface area (Å²) in [6.45, 7) is 14.7. The zero-order valence-corrected chi connectivity index (χ0v) is 13.7. The Kier molecular flexibility index (Phi) is 4.73. The Bertz CT molecular complexity index is 329. The van der Waals surface area contributed by atoms with Gasteiger partial charge in [0.15, 0.2) is 0 Å². The second-order valence-electron chi connectivity index (χ2n) is 7.20. The third-order valence-corrected chi connectivity index (χ3v) is 3.99. The number of rotatable bonds is 4. The van der Waals surface area contributed by atoms with Crippen LogP contribution in [0.2, 0.25) is 6.32 Å². The van der Waals surface area contributed by atoms with Gasteiger partial charge in [0.05, 0.1) is 16.9 Å². The number of nitrogens with zero attached hydrogens (tertiary/aromatic N) is 1. The summed E-state index contributed by atoms with van der Waals surface area (Å²) in [6.07, 6.45) is 1.61. The molecule has 1 saturated heterocycles. The Morgan fingerprint density at radius 1 is 1.11 bits per heavy atom. The van der Waals surface area contributed by atoms with Crippen molar-refractivity contribution in [2.24, 2.45) is 10.6 Å². The van der Waals surface area contributed by atoms with Gasteiger partial charge in [-0.1, -0.05) is 25.9 Å². The first-order valence-corrected chi connectivity index (χ1v) is 6.96. The fraction of sp³-hybridized carbons (Fsp3) is 0.929. The van der Waals surface area contributed by atoms with Crippen molar-refractivity contribution in [3.05, 3.63) is 0 Å². The Morgan fingerprint density at radius 3 is 1.95 bits per heavy atom. The van der Waals surface area contributed by atoms with E-state index in [1.807, 2.05) is 0 Å². The molecule has 0 bridgehead atoms. The predicted octanol–water partition coefficient (Wildman–Crippen LogP) is 3.52. The number of hydrogen-bond donors (Lipinski definition) is 0. The monoisotopic (exact) mass is 269 g/mol. The van der Waals surface area contributed by atoms with E-state index in [9.17, 15) is 0 Å². The molecule has 1 heterocycles. The van der Waals surface area contributed by atoms with Crippen LogP contribution in [0.3, 0.4) is 0 Å². The summed E-state index contributed by atoms with van der Waals surface area (Å²) in [5, 5.41) is 4.13. The van der Waals surface area contributed by atoms with Gasteiger partial charge in [-0.3, -0.25) is 0 Å². The summed E-state index contributed by atoms with van der Waals surface area (Å²) in [7, 11) is 1.41. The minimum atomic E-state index is -0.266. The van der Waals surface area contributed by atoms with Gasteiger partial charge in [0, 0.05) is 5.41 Å². The van der Waals surface area contributed by atoms with Crippen LogP contribution >= 0.6 is 0 Å². The molecule has 0 amide bonds. The van der Waals surface area contributed by atoms with E-state index in [-0.39, 0.29) is 23.7 Å². The molecular weight excluding hydrogens is 241 g/mol. The topological polar surface area (TPSA) is 40.0 Å². The lowest BCUT2D eigenvalue weighted by molar-refractivity contribution is 0.00578. The molecule has 0 radical (unpaired) electrons. The van der Waals surface area contributed by atoms with Gasteiger partial charge in [0.1, 0.15) is 7.11 Å². The van der Waals surface area contributed by atoms with Crippen LogP contribution < -0.4 is 0 Å². The lowest BCUT2D eigenvalue weighted by Gasteiger charge is -2.32. The number of oxime groups is 1. The summed E-state index contributed by atoms with van der Waals surface area (Å²) >= 11 is 0. The SMILES string of the molecule is CO/N=C(\CCB1OC(C)(C)C(C)(C)O1)C(C)(C)C. The quantitative estimate of drug-likeness (QED) is 0.445. The van der Waals surface area contributed by atoms with Crippen molar-refractivity contribution >= 4 is 12.8 Å². The third kappa shape index (κ3) is 3.96. The van der Waals surface area contributed by atoms with Crippen molar-refractivity contribution in [3.8, 4) is 0 Å². The smallest absolute Gasteiger partial charge is 0.403 e. The first kappa shape index (κ1) is 16.5. The molecular formula is C14H28BNO3. The normalized spacial score (nSPS) is 22.7. The first-order valence-electron chi connectivity index (χ1n) is 6.96. The van der Waals surface area contributed by atoms with E-state index in [0.717, 1.165) is 18.5 Å². The van der Waals surface area contributed by atoms with Crippen molar-refractivity contribution in [3.63, 3.8) is 0 Å². The van der Waals surface area contributed by atoms with Crippen LogP contribution in [0.25, 0.3) is 0 Å². The van der Waals surface area contributed by atoms with Gasteiger partial charge in [-0.15, -0.1) is 0 Å². The van der Waals surface area contributed by atoms with Crippen LogP contribution in [0.5, 0.6) is 0 Å². The molecule has 0 saturated carbocycles. The zero-order chi connectivity index (χ0) is 14.9. The van der Waals surface area contributed by atoms with Crippen molar-refractivity contribution in [1.82, 2.24) is 0 Å². The minimum absolute atomic E-state index is 0.000347. The maximum atomic E-state index is 5.99. The fourth-order valence-corrected chi connectivity index (χ4v) is 2.01. The molecule has 0 aliphatic carbocycles. The third-order valence-electron chi connectivity index (χ3n) is 3.99. The van der Waals surface area contributed by atoms with Crippen LogP contribution in [0.15, 0.2) is 5.16 Å². The van der Waals surface area contributed by atoms with Gasteiger partial charge in [-0.25, -0.2) is 0 Å². The van der Waals surface area contributed by atoms with E-state index in [0.29, 0.717) is 0 Å². The second-order valence-corrected chi connectivity index (χ2v) is 7.20.